The van der Waals surface area contributed by atoms with Crippen molar-refractivity contribution in [2.75, 3.05) is 31.5 Å². The van der Waals surface area contributed by atoms with Gasteiger partial charge in [0.2, 0.25) is 16.9 Å². The number of nitrogens with one attached hydrogen (secondary N) is 2. The SMILES string of the molecule is CCc1nnc(NC(=O)CCC(=O)N2CC[NH+](Cc3ccccc3)CC2)s1. The molecule has 3 rings (SSSR count). The zero-order chi connectivity index (χ0) is 19.1. The maximum Gasteiger partial charge on any atom is 0.226 e. The third-order valence-corrected chi connectivity index (χ3v) is 5.68. The molecule has 0 spiro atoms. The van der Waals surface area contributed by atoms with Crippen molar-refractivity contribution in [1.29, 1.82) is 0 Å². The number of carbonyl (C=O) groups excluding carboxylic acids is 2. The van der Waals surface area contributed by atoms with E-state index in [0.717, 1.165) is 44.2 Å². The number of amides is 2. The van der Waals surface area contributed by atoms with Crippen LogP contribution in [0.25, 0.3) is 0 Å². The van der Waals surface area contributed by atoms with Crippen LogP contribution in [0.5, 0.6) is 0 Å². The van der Waals surface area contributed by atoms with Gasteiger partial charge in [-0.2, -0.15) is 0 Å². The van der Waals surface area contributed by atoms with E-state index in [1.807, 2.05) is 17.9 Å². The lowest BCUT2D eigenvalue weighted by atomic mass is 10.2. The van der Waals surface area contributed by atoms with E-state index in [1.165, 1.54) is 21.8 Å². The number of quaternary nitrogens is 1. The van der Waals surface area contributed by atoms with E-state index in [-0.39, 0.29) is 24.7 Å². The Morgan fingerprint density at radius 3 is 2.56 bits per heavy atom. The fourth-order valence-electron chi connectivity index (χ4n) is 3.14. The molecule has 1 saturated heterocycles. The third-order valence-electron chi connectivity index (χ3n) is 4.70. The van der Waals surface area contributed by atoms with Crippen molar-refractivity contribution >= 4 is 28.3 Å². The van der Waals surface area contributed by atoms with Crippen molar-refractivity contribution in [3.05, 3.63) is 40.9 Å². The Bertz CT molecular complexity index is 756. The first-order valence-corrected chi connectivity index (χ1v) is 10.2. The Hall–Kier alpha value is -2.32. The number of piperazine rings is 1. The molecule has 0 atom stereocenters. The Morgan fingerprint density at radius 1 is 1.15 bits per heavy atom. The van der Waals surface area contributed by atoms with Gasteiger partial charge >= 0.3 is 0 Å². The zero-order valence-electron chi connectivity index (χ0n) is 15.6. The smallest absolute Gasteiger partial charge is 0.226 e. The van der Waals surface area contributed by atoms with E-state index in [4.69, 9.17) is 0 Å². The molecular formula is C19H26N5O2S+. The second-order valence-electron chi connectivity index (χ2n) is 6.70. The van der Waals surface area contributed by atoms with Crippen molar-refractivity contribution in [2.45, 2.75) is 32.7 Å². The lowest BCUT2D eigenvalue weighted by molar-refractivity contribution is -0.917. The molecule has 2 amide bonds. The molecule has 1 aromatic carbocycles. The van der Waals surface area contributed by atoms with Crippen molar-refractivity contribution < 1.29 is 14.5 Å². The second-order valence-corrected chi connectivity index (χ2v) is 7.76. The molecule has 0 saturated carbocycles. The summed E-state index contributed by atoms with van der Waals surface area (Å²) in [5, 5.41) is 12.0. The summed E-state index contributed by atoms with van der Waals surface area (Å²) < 4.78 is 0. The van der Waals surface area contributed by atoms with Gasteiger partial charge in [0.25, 0.3) is 0 Å². The quantitative estimate of drug-likeness (QED) is 0.734. The molecule has 8 heteroatoms. The highest BCUT2D eigenvalue weighted by Gasteiger charge is 2.24. The predicted octanol–water partition coefficient (Wildman–Crippen LogP) is 0.747. The molecule has 2 N–H and O–H groups in total. The maximum absolute atomic E-state index is 12.4. The first-order valence-electron chi connectivity index (χ1n) is 9.41. The first-order chi connectivity index (χ1) is 13.1. The highest BCUT2D eigenvalue weighted by molar-refractivity contribution is 7.15. The molecule has 1 fully saturated rings. The third kappa shape index (κ3) is 5.83. The van der Waals surface area contributed by atoms with E-state index >= 15 is 0 Å². The summed E-state index contributed by atoms with van der Waals surface area (Å²) in [5.41, 5.74) is 1.33. The minimum absolute atomic E-state index is 0.0513. The van der Waals surface area contributed by atoms with Gasteiger partial charge in [-0.1, -0.05) is 48.6 Å². The Kier molecular flexibility index (Phi) is 6.89. The Morgan fingerprint density at radius 2 is 1.89 bits per heavy atom. The summed E-state index contributed by atoms with van der Waals surface area (Å²) in [4.78, 5) is 27.8. The van der Waals surface area contributed by atoms with Gasteiger partial charge in [-0.15, -0.1) is 10.2 Å². The van der Waals surface area contributed by atoms with Crippen LogP contribution >= 0.6 is 11.3 Å². The van der Waals surface area contributed by atoms with Gasteiger partial charge in [0.1, 0.15) is 11.6 Å². The van der Waals surface area contributed by atoms with Crippen molar-refractivity contribution in [2.24, 2.45) is 0 Å². The van der Waals surface area contributed by atoms with Crippen LogP contribution in [-0.4, -0.2) is 53.1 Å². The molecule has 0 radical (unpaired) electrons. The number of anilines is 1. The average molecular weight is 389 g/mol. The van der Waals surface area contributed by atoms with Crippen LogP contribution in [0, 0.1) is 0 Å². The largest absolute Gasteiger partial charge is 0.331 e. The van der Waals surface area contributed by atoms with E-state index in [0.29, 0.717) is 5.13 Å². The van der Waals surface area contributed by atoms with E-state index in [1.54, 1.807) is 0 Å². The summed E-state index contributed by atoms with van der Waals surface area (Å²) in [6.07, 6.45) is 1.21. The molecule has 27 heavy (non-hydrogen) atoms. The maximum atomic E-state index is 12.4. The normalized spacial score (nSPS) is 14.9. The molecule has 0 unspecified atom stereocenters. The van der Waals surface area contributed by atoms with Crippen LogP contribution in [0.15, 0.2) is 30.3 Å². The van der Waals surface area contributed by atoms with Crippen LogP contribution in [-0.2, 0) is 22.6 Å². The summed E-state index contributed by atoms with van der Waals surface area (Å²) in [6.45, 7) is 6.37. The fourth-order valence-corrected chi connectivity index (χ4v) is 3.84. The number of hydrogen-bond donors (Lipinski definition) is 2. The zero-order valence-corrected chi connectivity index (χ0v) is 16.4. The summed E-state index contributed by atoms with van der Waals surface area (Å²) in [5.74, 6) is -0.133. The standard InChI is InChI=1S/C19H25N5O2S/c1-2-17-21-22-19(27-17)20-16(25)8-9-18(26)24-12-10-23(11-13-24)14-15-6-4-3-5-7-15/h3-7H,2,8-14H2,1H3,(H,20,22,25)/p+1. The highest BCUT2D eigenvalue weighted by Crippen LogP contribution is 2.15. The number of hydrogen-bond acceptors (Lipinski definition) is 5. The number of rotatable bonds is 7. The number of nitrogens with zero attached hydrogens (tertiary/aromatic N) is 3. The van der Waals surface area contributed by atoms with Gasteiger partial charge in [-0.3, -0.25) is 9.59 Å². The van der Waals surface area contributed by atoms with Crippen LogP contribution in [0.1, 0.15) is 30.3 Å². The van der Waals surface area contributed by atoms with Crippen molar-refractivity contribution in [3.63, 3.8) is 0 Å². The van der Waals surface area contributed by atoms with E-state index in [2.05, 4.69) is 39.8 Å². The van der Waals surface area contributed by atoms with Crippen LogP contribution < -0.4 is 10.2 Å². The summed E-state index contributed by atoms with van der Waals surface area (Å²) in [7, 11) is 0. The molecule has 1 aliphatic rings. The van der Waals surface area contributed by atoms with Gasteiger partial charge in [0, 0.05) is 18.4 Å². The van der Waals surface area contributed by atoms with Gasteiger partial charge in [0.15, 0.2) is 0 Å². The van der Waals surface area contributed by atoms with Crippen molar-refractivity contribution in [1.82, 2.24) is 15.1 Å². The minimum Gasteiger partial charge on any atom is -0.331 e. The van der Waals surface area contributed by atoms with E-state index in [9.17, 15) is 9.59 Å². The Balaban J connectivity index is 1.37. The lowest BCUT2D eigenvalue weighted by Gasteiger charge is -2.32. The van der Waals surface area contributed by atoms with Gasteiger partial charge in [0.05, 0.1) is 26.2 Å². The van der Waals surface area contributed by atoms with Crippen molar-refractivity contribution in [3.8, 4) is 0 Å². The first kappa shape index (κ1) is 19.4. The molecule has 1 aromatic heterocycles. The van der Waals surface area contributed by atoms with Gasteiger partial charge in [-0.25, -0.2) is 0 Å². The molecule has 7 nitrogen and oxygen atoms in total. The molecule has 1 aliphatic heterocycles. The van der Waals surface area contributed by atoms with Gasteiger partial charge < -0.3 is 15.1 Å². The number of aryl methyl sites for hydroxylation is 1. The fraction of sp³-hybridized carbons (Fsp3) is 0.474. The number of benzene rings is 1. The monoisotopic (exact) mass is 388 g/mol. The number of carbonyl (C=O) groups is 2. The lowest BCUT2D eigenvalue weighted by Crippen LogP contribution is -3.13. The highest BCUT2D eigenvalue weighted by atomic mass is 32.1. The Labute approximate surface area is 163 Å². The molecule has 2 heterocycles. The van der Waals surface area contributed by atoms with Crippen LogP contribution in [0.4, 0.5) is 5.13 Å². The molecule has 0 aliphatic carbocycles. The molecule has 0 bridgehead atoms. The predicted molar refractivity (Wildman–Crippen MR) is 105 cm³/mol. The average Bonchev–Trinajstić information content (AvgIpc) is 3.15. The second kappa shape index (κ2) is 9.57. The molecular weight excluding hydrogens is 362 g/mol. The molecule has 144 valence electrons. The topological polar surface area (TPSA) is 79.6 Å². The molecule has 2 aromatic rings. The number of aromatic nitrogens is 2. The van der Waals surface area contributed by atoms with Crippen LogP contribution in [0.3, 0.4) is 0 Å². The van der Waals surface area contributed by atoms with Gasteiger partial charge in [-0.05, 0) is 6.42 Å². The van der Waals surface area contributed by atoms with E-state index < -0.39 is 0 Å². The minimum atomic E-state index is -0.185. The summed E-state index contributed by atoms with van der Waals surface area (Å²) in [6, 6.07) is 10.4. The summed E-state index contributed by atoms with van der Waals surface area (Å²) >= 11 is 1.37. The van der Waals surface area contributed by atoms with Crippen LogP contribution in [0.2, 0.25) is 0 Å².